The van der Waals surface area contributed by atoms with Gasteiger partial charge in [-0.2, -0.15) is 4.68 Å². The third-order valence-electron chi connectivity index (χ3n) is 2.71. The summed E-state index contributed by atoms with van der Waals surface area (Å²) in [5.74, 6) is 0.200. The molecule has 0 fully saturated rings. The van der Waals surface area contributed by atoms with Crippen molar-refractivity contribution in [2.24, 2.45) is 0 Å². The Bertz CT molecular complexity index is 777. The molecule has 1 aromatic carbocycles. The minimum absolute atomic E-state index is 0.239. The van der Waals surface area contributed by atoms with E-state index in [9.17, 15) is 10.1 Å². The molecule has 20 heavy (non-hydrogen) atoms. The molecule has 3 rings (SSSR count). The molecule has 2 heterocycles. The first-order chi connectivity index (χ1) is 9.65. The lowest BCUT2D eigenvalue weighted by atomic mass is 10.2. The number of nitrogens with zero attached hydrogens (tertiary/aromatic N) is 5. The summed E-state index contributed by atoms with van der Waals surface area (Å²) in [4.78, 5) is 10.0. The van der Waals surface area contributed by atoms with Gasteiger partial charge in [0.15, 0.2) is 5.76 Å². The van der Waals surface area contributed by atoms with Crippen molar-refractivity contribution in [3.8, 4) is 17.3 Å². The summed E-state index contributed by atoms with van der Waals surface area (Å²) in [5, 5.41) is 22.0. The summed E-state index contributed by atoms with van der Waals surface area (Å²) in [6.07, 6.45) is 0. The van der Waals surface area contributed by atoms with Crippen LogP contribution in [-0.2, 0) is 0 Å². The third-order valence-corrected chi connectivity index (χ3v) is 2.71. The fourth-order valence-corrected chi connectivity index (χ4v) is 1.82. The van der Waals surface area contributed by atoms with Crippen molar-refractivity contribution in [3.63, 3.8) is 0 Å². The van der Waals surface area contributed by atoms with Crippen LogP contribution in [0.2, 0.25) is 0 Å². The maximum absolute atomic E-state index is 10.6. The van der Waals surface area contributed by atoms with Crippen molar-refractivity contribution in [1.82, 2.24) is 20.2 Å². The zero-order valence-corrected chi connectivity index (χ0v) is 10.4. The van der Waals surface area contributed by atoms with Crippen LogP contribution in [0.25, 0.3) is 17.3 Å². The van der Waals surface area contributed by atoms with Crippen LogP contribution in [0.3, 0.4) is 0 Å². The fraction of sp³-hybridized carbons (Fsp3) is 0.0833. The molecule has 0 aliphatic rings. The monoisotopic (exact) mass is 271 g/mol. The average molecular weight is 271 g/mol. The van der Waals surface area contributed by atoms with Gasteiger partial charge in [-0.15, -0.1) is 5.10 Å². The molecular formula is C12H9N5O3. The first-order valence-electron chi connectivity index (χ1n) is 5.75. The number of hydrogen-bond donors (Lipinski definition) is 0. The SMILES string of the molecule is Cc1cccc(-n2nnnc2-c2ccc([N+](=O)[O-])o2)c1. The van der Waals surface area contributed by atoms with Gasteiger partial charge < -0.3 is 4.42 Å². The smallest absolute Gasteiger partial charge is 0.397 e. The standard InChI is InChI=1S/C12H9N5O3/c1-8-3-2-4-9(7-8)16-12(13-14-15-16)10-5-6-11(20-10)17(18)19/h2-7H,1H3. The van der Waals surface area contributed by atoms with Crippen LogP contribution in [0.15, 0.2) is 40.8 Å². The van der Waals surface area contributed by atoms with Crippen LogP contribution in [0.1, 0.15) is 5.56 Å². The first-order valence-corrected chi connectivity index (χ1v) is 5.75. The van der Waals surface area contributed by atoms with E-state index in [4.69, 9.17) is 4.42 Å². The highest BCUT2D eigenvalue weighted by molar-refractivity contribution is 5.52. The molecule has 0 bridgehead atoms. The van der Waals surface area contributed by atoms with Gasteiger partial charge >= 0.3 is 5.88 Å². The summed E-state index contributed by atoms with van der Waals surface area (Å²) in [5.41, 5.74) is 1.80. The van der Waals surface area contributed by atoms with Crippen molar-refractivity contribution in [1.29, 1.82) is 0 Å². The summed E-state index contributed by atoms with van der Waals surface area (Å²) in [6, 6.07) is 10.3. The second-order valence-electron chi connectivity index (χ2n) is 4.15. The van der Waals surface area contributed by atoms with E-state index in [1.807, 2.05) is 31.2 Å². The van der Waals surface area contributed by atoms with Crippen LogP contribution in [-0.4, -0.2) is 25.1 Å². The molecule has 100 valence electrons. The average Bonchev–Trinajstić information content (AvgIpc) is 3.07. The molecule has 0 aliphatic heterocycles. The molecule has 0 radical (unpaired) electrons. The van der Waals surface area contributed by atoms with E-state index in [1.165, 1.54) is 16.8 Å². The molecule has 8 nitrogen and oxygen atoms in total. The zero-order chi connectivity index (χ0) is 14.1. The lowest BCUT2D eigenvalue weighted by Gasteiger charge is -2.03. The number of aryl methyl sites for hydroxylation is 1. The molecule has 0 saturated heterocycles. The second-order valence-corrected chi connectivity index (χ2v) is 4.15. The number of aromatic nitrogens is 4. The van der Waals surface area contributed by atoms with Crippen LogP contribution in [0, 0.1) is 17.0 Å². The molecule has 3 aromatic rings. The topological polar surface area (TPSA) is 99.9 Å². The fourth-order valence-electron chi connectivity index (χ4n) is 1.82. The molecule has 0 spiro atoms. The molecule has 8 heteroatoms. The normalized spacial score (nSPS) is 10.7. The van der Waals surface area contributed by atoms with Gasteiger partial charge in [-0.25, -0.2) is 0 Å². The van der Waals surface area contributed by atoms with Crippen molar-refractivity contribution < 1.29 is 9.34 Å². The molecule has 0 N–H and O–H groups in total. The third kappa shape index (κ3) is 2.03. The van der Waals surface area contributed by atoms with Gasteiger partial charge in [0, 0.05) is 0 Å². The van der Waals surface area contributed by atoms with Crippen LogP contribution < -0.4 is 0 Å². The van der Waals surface area contributed by atoms with Gasteiger partial charge in [0.05, 0.1) is 11.8 Å². The molecule has 2 aromatic heterocycles. The number of rotatable bonds is 3. The molecule has 0 amide bonds. The first kappa shape index (κ1) is 12.0. The van der Waals surface area contributed by atoms with E-state index in [2.05, 4.69) is 15.5 Å². The Hall–Kier alpha value is -3.03. The van der Waals surface area contributed by atoms with Gasteiger partial charge in [0.1, 0.15) is 4.92 Å². The van der Waals surface area contributed by atoms with Gasteiger partial charge in [-0.1, -0.05) is 12.1 Å². The van der Waals surface area contributed by atoms with E-state index >= 15 is 0 Å². The predicted molar refractivity (Wildman–Crippen MR) is 68.2 cm³/mol. The Morgan fingerprint density at radius 2 is 2.15 bits per heavy atom. The molecular weight excluding hydrogens is 262 g/mol. The number of tetrazole rings is 1. The predicted octanol–water partition coefficient (Wildman–Crippen LogP) is 2.14. The van der Waals surface area contributed by atoms with E-state index in [0.717, 1.165) is 11.3 Å². The highest BCUT2D eigenvalue weighted by Gasteiger charge is 2.18. The van der Waals surface area contributed by atoms with Crippen LogP contribution in [0.5, 0.6) is 0 Å². The summed E-state index contributed by atoms with van der Waals surface area (Å²) in [6.45, 7) is 1.95. The lowest BCUT2D eigenvalue weighted by Crippen LogP contribution is -1.99. The maximum atomic E-state index is 10.6. The number of furan rings is 1. The lowest BCUT2D eigenvalue weighted by molar-refractivity contribution is -0.401. The Morgan fingerprint density at radius 3 is 2.85 bits per heavy atom. The minimum atomic E-state index is -0.607. The summed E-state index contributed by atoms with van der Waals surface area (Å²) >= 11 is 0. The van der Waals surface area contributed by atoms with Gasteiger partial charge in [0.2, 0.25) is 5.82 Å². The number of nitro groups is 1. The molecule has 0 unspecified atom stereocenters. The maximum Gasteiger partial charge on any atom is 0.433 e. The van der Waals surface area contributed by atoms with E-state index < -0.39 is 4.92 Å². The van der Waals surface area contributed by atoms with Crippen LogP contribution in [0.4, 0.5) is 5.88 Å². The highest BCUT2D eigenvalue weighted by Crippen LogP contribution is 2.25. The van der Waals surface area contributed by atoms with Crippen molar-refractivity contribution >= 4 is 5.88 Å². The second kappa shape index (κ2) is 4.57. The van der Waals surface area contributed by atoms with Crippen molar-refractivity contribution in [2.45, 2.75) is 6.92 Å². The summed E-state index contributed by atoms with van der Waals surface area (Å²) in [7, 11) is 0. The zero-order valence-electron chi connectivity index (χ0n) is 10.4. The Balaban J connectivity index is 2.07. The summed E-state index contributed by atoms with van der Waals surface area (Å²) < 4.78 is 6.59. The Kier molecular flexibility index (Phi) is 2.75. The number of benzene rings is 1. The van der Waals surface area contributed by atoms with Crippen molar-refractivity contribution in [3.05, 3.63) is 52.1 Å². The van der Waals surface area contributed by atoms with Crippen LogP contribution >= 0.6 is 0 Å². The van der Waals surface area contributed by atoms with E-state index in [-0.39, 0.29) is 11.6 Å². The van der Waals surface area contributed by atoms with Gasteiger partial charge in [0.25, 0.3) is 0 Å². The Labute approximate surface area is 112 Å². The molecule has 0 aliphatic carbocycles. The Morgan fingerprint density at radius 1 is 1.30 bits per heavy atom. The van der Waals surface area contributed by atoms with E-state index in [0.29, 0.717) is 5.82 Å². The quantitative estimate of drug-likeness (QED) is 0.534. The molecule has 0 saturated carbocycles. The van der Waals surface area contributed by atoms with Gasteiger partial charge in [-0.05, 0) is 41.1 Å². The highest BCUT2D eigenvalue weighted by atomic mass is 16.6. The van der Waals surface area contributed by atoms with Crippen molar-refractivity contribution in [2.75, 3.05) is 0 Å². The molecule has 0 atom stereocenters. The number of hydrogen-bond acceptors (Lipinski definition) is 6. The minimum Gasteiger partial charge on any atom is -0.397 e. The largest absolute Gasteiger partial charge is 0.433 e. The van der Waals surface area contributed by atoms with Gasteiger partial charge in [-0.3, -0.25) is 10.1 Å². The van der Waals surface area contributed by atoms with E-state index in [1.54, 1.807) is 0 Å².